The Morgan fingerprint density at radius 2 is 2.11 bits per heavy atom. The highest BCUT2D eigenvalue weighted by Gasteiger charge is 2.20. The first-order valence-electron chi connectivity index (χ1n) is 7.02. The fourth-order valence-corrected chi connectivity index (χ4v) is 3.51. The highest BCUT2D eigenvalue weighted by atomic mass is 32.2. The number of hydrogen-bond acceptors (Lipinski definition) is 3. The van der Waals surface area contributed by atoms with Gasteiger partial charge >= 0.3 is 0 Å². The number of hydrogen-bond donors (Lipinski definition) is 1. The molecule has 1 heterocycles. The Hall–Kier alpha value is -0.480. The molecule has 1 N–H and O–H groups in total. The molecule has 1 aromatic heterocycles. The summed E-state index contributed by atoms with van der Waals surface area (Å²) in [6, 6.07) is 2.90. The van der Waals surface area contributed by atoms with Crippen LogP contribution < -0.4 is 5.32 Å². The first kappa shape index (κ1) is 13.9. The van der Waals surface area contributed by atoms with Gasteiger partial charge in [-0.2, -0.15) is 16.9 Å². The molecule has 0 spiro atoms. The van der Waals surface area contributed by atoms with Crippen molar-refractivity contribution < 1.29 is 0 Å². The van der Waals surface area contributed by atoms with E-state index in [1.807, 2.05) is 11.8 Å². The SMILES string of the molecule is CCn1nc(C)cc1CNC1CCC(SC)CC1. The number of rotatable bonds is 5. The predicted octanol–water partition coefficient (Wildman–Crippen LogP) is 2.98. The van der Waals surface area contributed by atoms with Gasteiger partial charge < -0.3 is 5.32 Å². The zero-order valence-corrected chi connectivity index (χ0v) is 12.6. The minimum absolute atomic E-state index is 0.703. The molecule has 3 nitrogen and oxygen atoms in total. The number of aromatic nitrogens is 2. The highest BCUT2D eigenvalue weighted by Crippen LogP contribution is 2.26. The van der Waals surface area contributed by atoms with Gasteiger partial charge in [-0.25, -0.2) is 0 Å². The molecule has 0 radical (unpaired) electrons. The van der Waals surface area contributed by atoms with E-state index in [9.17, 15) is 0 Å². The lowest BCUT2D eigenvalue weighted by Gasteiger charge is -2.28. The molecular weight excluding hydrogens is 242 g/mol. The first-order chi connectivity index (χ1) is 8.72. The molecule has 0 aromatic carbocycles. The van der Waals surface area contributed by atoms with E-state index in [1.165, 1.54) is 31.4 Å². The summed E-state index contributed by atoms with van der Waals surface area (Å²) < 4.78 is 2.11. The second-order valence-corrected chi connectivity index (χ2v) is 6.32. The molecule has 0 atom stereocenters. The molecule has 18 heavy (non-hydrogen) atoms. The number of nitrogens with zero attached hydrogens (tertiary/aromatic N) is 2. The fraction of sp³-hybridized carbons (Fsp3) is 0.786. The van der Waals surface area contributed by atoms with Crippen LogP contribution in [0.15, 0.2) is 6.07 Å². The van der Waals surface area contributed by atoms with E-state index in [-0.39, 0.29) is 0 Å². The van der Waals surface area contributed by atoms with Gasteiger partial charge in [-0.05, 0) is 51.9 Å². The van der Waals surface area contributed by atoms with Crippen molar-refractivity contribution in [1.82, 2.24) is 15.1 Å². The lowest BCUT2D eigenvalue weighted by atomic mass is 9.95. The van der Waals surface area contributed by atoms with E-state index in [1.54, 1.807) is 0 Å². The molecule has 1 saturated carbocycles. The number of aryl methyl sites for hydroxylation is 2. The van der Waals surface area contributed by atoms with Gasteiger partial charge in [0, 0.05) is 24.4 Å². The van der Waals surface area contributed by atoms with Crippen LogP contribution in [0.4, 0.5) is 0 Å². The second-order valence-electron chi connectivity index (χ2n) is 5.18. The van der Waals surface area contributed by atoms with Crippen LogP contribution in [-0.2, 0) is 13.1 Å². The average molecular weight is 267 g/mol. The molecule has 0 saturated heterocycles. The third kappa shape index (κ3) is 3.51. The summed E-state index contributed by atoms with van der Waals surface area (Å²) in [5.41, 5.74) is 2.45. The lowest BCUT2D eigenvalue weighted by Crippen LogP contribution is -2.34. The van der Waals surface area contributed by atoms with Crippen LogP contribution in [0.5, 0.6) is 0 Å². The van der Waals surface area contributed by atoms with Gasteiger partial charge in [0.25, 0.3) is 0 Å². The zero-order chi connectivity index (χ0) is 13.0. The molecule has 4 heteroatoms. The van der Waals surface area contributed by atoms with E-state index in [2.05, 4.69) is 41.3 Å². The third-order valence-corrected chi connectivity index (χ3v) is 5.00. The maximum atomic E-state index is 4.49. The minimum Gasteiger partial charge on any atom is -0.308 e. The van der Waals surface area contributed by atoms with Gasteiger partial charge in [0.15, 0.2) is 0 Å². The third-order valence-electron chi connectivity index (χ3n) is 3.86. The molecule has 1 aliphatic carbocycles. The van der Waals surface area contributed by atoms with Crippen molar-refractivity contribution in [2.45, 2.75) is 63.9 Å². The summed E-state index contributed by atoms with van der Waals surface area (Å²) in [6.07, 6.45) is 7.62. The van der Waals surface area contributed by atoms with Crippen LogP contribution in [0.3, 0.4) is 0 Å². The Kier molecular flexibility index (Phi) is 5.13. The Morgan fingerprint density at radius 3 is 2.72 bits per heavy atom. The summed E-state index contributed by atoms with van der Waals surface area (Å²) in [5.74, 6) is 0. The zero-order valence-electron chi connectivity index (χ0n) is 11.8. The summed E-state index contributed by atoms with van der Waals surface area (Å²) >= 11 is 2.03. The van der Waals surface area contributed by atoms with Gasteiger partial charge in [0.2, 0.25) is 0 Å². The summed E-state index contributed by atoms with van der Waals surface area (Å²) in [5, 5.41) is 9.09. The summed E-state index contributed by atoms with van der Waals surface area (Å²) in [6.45, 7) is 6.15. The Labute approximate surface area is 115 Å². The van der Waals surface area contributed by atoms with Gasteiger partial charge in [0.1, 0.15) is 0 Å². The van der Waals surface area contributed by atoms with Crippen molar-refractivity contribution in [3.8, 4) is 0 Å². The van der Waals surface area contributed by atoms with E-state index < -0.39 is 0 Å². The molecule has 0 amide bonds. The molecule has 0 aliphatic heterocycles. The van der Waals surface area contributed by atoms with E-state index in [0.717, 1.165) is 24.0 Å². The topological polar surface area (TPSA) is 29.9 Å². The lowest BCUT2D eigenvalue weighted by molar-refractivity contribution is 0.373. The Bertz CT molecular complexity index is 367. The van der Waals surface area contributed by atoms with Crippen molar-refractivity contribution in [2.24, 2.45) is 0 Å². The average Bonchev–Trinajstić information content (AvgIpc) is 2.77. The fourth-order valence-electron chi connectivity index (χ4n) is 2.77. The monoisotopic (exact) mass is 267 g/mol. The Morgan fingerprint density at radius 1 is 1.39 bits per heavy atom. The highest BCUT2D eigenvalue weighted by molar-refractivity contribution is 7.99. The van der Waals surface area contributed by atoms with E-state index in [0.29, 0.717) is 6.04 Å². The largest absolute Gasteiger partial charge is 0.308 e. The van der Waals surface area contributed by atoms with Crippen molar-refractivity contribution in [3.05, 3.63) is 17.5 Å². The Balaban J connectivity index is 1.81. The molecule has 1 aromatic rings. The van der Waals surface area contributed by atoms with Crippen molar-refractivity contribution in [1.29, 1.82) is 0 Å². The summed E-state index contributed by atoms with van der Waals surface area (Å²) in [4.78, 5) is 0. The molecule has 1 aliphatic rings. The van der Waals surface area contributed by atoms with Crippen molar-refractivity contribution in [3.63, 3.8) is 0 Å². The quantitative estimate of drug-likeness (QED) is 0.889. The minimum atomic E-state index is 0.703. The van der Waals surface area contributed by atoms with E-state index in [4.69, 9.17) is 0 Å². The second kappa shape index (κ2) is 6.62. The smallest absolute Gasteiger partial charge is 0.0597 e. The normalized spacial score (nSPS) is 24.4. The van der Waals surface area contributed by atoms with Crippen molar-refractivity contribution in [2.75, 3.05) is 6.26 Å². The molecule has 2 rings (SSSR count). The van der Waals surface area contributed by atoms with Crippen LogP contribution in [0.25, 0.3) is 0 Å². The molecular formula is C14H25N3S. The first-order valence-corrected chi connectivity index (χ1v) is 8.31. The van der Waals surface area contributed by atoms with Crippen LogP contribution in [0.2, 0.25) is 0 Å². The predicted molar refractivity (Wildman–Crippen MR) is 79.0 cm³/mol. The van der Waals surface area contributed by atoms with Gasteiger partial charge in [-0.3, -0.25) is 4.68 Å². The van der Waals surface area contributed by atoms with Crippen LogP contribution in [0.1, 0.15) is 44.0 Å². The maximum Gasteiger partial charge on any atom is 0.0597 e. The number of thioether (sulfide) groups is 1. The van der Waals surface area contributed by atoms with Crippen LogP contribution in [-0.4, -0.2) is 27.3 Å². The standard InChI is InChI=1S/C14H25N3S/c1-4-17-13(9-11(2)16-17)10-15-12-5-7-14(18-3)8-6-12/h9,12,14-15H,4-8,10H2,1-3H3. The van der Waals surface area contributed by atoms with Crippen LogP contribution >= 0.6 is 11.8 Å². The molecule has 102 valence electrons. The van der Waals surface area contributed by atoms with Crippen molar-refractivity contribution >= 4 is 11.8 Å². The van der Waals surface area contributed by atoms with Gasteiger partial charge in [-0.15, -0.1) is 0 Å². The number of nitrogens with one attached hydrogen (secondary N) is 1. The molecule has 1 fully saturated rings. The van der Waals surface area contributed by atoms with Gasteiger partial charge in [-0.1, -0.05) is 0 Å². The van der Waals surface area contributed by atoms with E-state index >= 15 is 0 Å². The molecule has 0 bridgehead atoms. The molecule has 0 unspecified atom stereocenters. The van der Waals surface area contributed by atoms with Gasteiger partial charge in [0.05, 0.1) is 11.4 Å². The maximum absolute atomic E-state index is 4.49. The summed E-state index contributed by atoms with van der Waals surface area (Å²) in [7, 11) is 0. The van der Waals surface area contributed by atoms with Crippen LogP contribution in [0, 0.1) is 6.92 Å².